The summed E-state index contributed by atoms with van der Waals surface area (Å²) in [6.07, 6.45) is -0.214. The minimum Gasteiger partial charge on any atom is -0.377 e. The minimum atomic E-state index is -0.214. The Morgan fingerprint density at radius 1 is 1.18 bits per heavy atom. The van der Waals surface area contributed by atoms with Gasteiger partial charge in [0.2, 0.25) is 0 Å². The molecule has 0 bridgehead atoms. The fourth-order valence-electron chi connectivity index (χ4n) is 0.562. The van der Waals surface area contributed by atoms with E-state index in [4.69, 9.17) is 20.9 Å². The maximum absolute atomic E-state index is 5.44. The Bertz CT molecular complexity index is 76.5. The third-order valence-electron chi connectivity index (χ3n) is 0.989. The van der Waals surface area contributed by atoms with E-state index in [0.717, 1.165) is 0 Å². The van der Waals surface area contributed by atoms with Gasteiger partial charge in [-0.15, -0.1) is 0 Å². The summed E-state index contributed by atoms with van der Waals surface area (Å²) in [5.74, 6) is 0. The van der Waals surface area contributed by atoms with Gasteiger partial charge in [0, 0.05) is 6.04 Å². The molecule has 4 heteroatoms. The van der Waals surface area contributed by atoms with Crippen molar-refractivity contribution >= 4 is 0 Å². The van der Waals surface area contributed by atoms with Crippen LogP contribution in [0.2, 0.25) is 0 Å². The van der Waals surface area contributed by atoms with E-state index in [1.807, 2.05) is 6.92 Å². The zero-order valence-electron chi connectivity index (χ0n) is 7.25. The van der Waals surface area contributed by atoms with Crippen LogP contribution in [0.15, 0.2) is 0 Å². The first kappa shape index (κ1) is 10.8. The maximum Gasteiger partial charge on any atom is 0.102 e. The molecule has 0 saturated heterocycles. The molecule has 0 heterocycles. The van der Waals surface area contributed by atoms with Gasteiger partial charge in [0.25, 0.3) is 0 Å². The highest BCUT2D eigenvalue weighted by Crippen LogP contribution is 1.83. The fourth-order valence-corrected chi connectivity index (χ4v) is 0.562. The highest BCUT2D eigenvalue weighted by molar-refractivity contribution is 4.48. The van der Waals surface area contributed by atoms with E-state index in [0.29, 0.717) is 19.8 Å². The lowest BCUT2D eigenvalue weighted by molar-refractivity contribution is 0.0127. The molecule has 0 saturated carbocycles. The van der Waals surface area contributed by atoms with Crippen LogP contribution in [0.4, 0.5) is 0 Å². The second-order valence-corrected chi connectivity index (χ2v) is 2.63. The average molecular weight is 162 g/mol. The number of hydrogen-bond acceptors (Lipinski definition) is 4. The van der Waals surface area contributed by atoms with Crippen molar-refractivity contribution in [3.05, 3.63) is 0 Å². The quantitative estimate of drug-likeness (QED) is 0.414. The van der Waals surface area contributed by atoms with Gasteiger partial charge in [0.1, 0.15) is 6.23 Å². The van der Waals surface area contributed by atoms with Crippen LogP contribution in [0.25, 0.3) is 0 Å². The van der Waals surface area contributed by atoms with E-state index >= 15 is 0 Å². The number of ether oxygens (including phenoxy) is 2. The van der Waals surface area contributed by atoms with Gasteiger partial charge in [-0.2, -0.15) is 0 Å². The summed E-state index contributed by atoms with van der Waals surface area (Å²) in [6, 6.07) is 0.0882. The van der Waals surface area contributed by atoms with Crippen molar-refractivity contribution < 1.29 is 9.47 Å². The molecule has 68 valence electrons. The van der Waals surface area contributed by atoms with Gasteiger partial charge >= 0.3 is 0 Å². The second-order valence-electron chi connectivity index (χ2n) is 2.63. The molecule has 0 spiro atoms. The summed E-state index contributed by atoms with van der Waals surface area (Å²) in [7, 11) is 0. The van der Waals surface area contributed by atoms with Gasteiger partial charge in [0.15, 0.2) is 0 Å². The highest BCUT2D eigenvalue weighted by Gasteiger charge is 1.95. The lowest BCUT2D eigenvalue weighted by Gasteiger charge is -2.09. The third kappa shape index (κ3) is 9.84. The Kier molecular flexibility index (Phi) is 6.45. The van der Waals surface area contributed by atoms with Crippen LogP contribution < -0.4 is 11.5 Å². The lowest BCUT2D eigenvalue weighted by atomic mass is 10.4. The van der Waals surface area contributed by atoms with Crippen molar-refractivity contribution in [3.8, 4) is 0 Å². The topological polar surface area (TPSA) is 70.5 Å². The molecule has 0 aliphatic heterocycles. The van der Waals surface area contributed by atoms with Crippen LogP contribution in [-0.4, -0.2) is 32.1 Å². The third-order valence-corrected chi connectivity index (χ3v) is 0.989. The van der Waals surface area contributed by atoms with Gasteiger partial charge in [-0.25, -0.2) is 0 Å². The molecule has 0 rings (SSSR count). The normalized spacial score (nSPS) is 16.4. The molecule has 0 aliphatic rings. The highest BCUT2D eigenvalue weighted by atomic mass is 16.5. The van der Waals surface area contributed by atoms with Gasteiger partial charge < -0.3 is 20.9 Å². The predicted octanol–water partition coefficient (Wildman–Crippen LogP) is -0.328. The van der Waals surface area contributed by atoms with Crippen LogP contribution in [-0.2, 0) is 9.47 Å². The molecule has 0 radical (unpaired) electrons. The van der Waals surface area contributed by atoms with E-state index < -0.39 is 0 Å². The molecule has 0 aromatic heterocycles. The zero-order chi connectivity index (χ0) is 8.69. The van der Waals surface area contributed by atoms with Gasteiger partial charge in [-0.05, 0) is 13.8 Å². The van der Waals surface area contributed by atoms with Crippen LogP contribution in [0.1, 0.15) is 13.8 Å². The van der Waals surface area contributed by atoms with Crippen LogP contribution in [0, 0.1) is 0 Å². The van der Waals surface area contributed by atoms with Gasteiger partial charge in [-0.3, -0.25) is 0 Å². The monoisotopic (exact) mass is 162 g/mol. The molecule has 11 heavy (non-hydrogen) atoms. The van der Waals surface area contributed by atoms with Gasteiger partial charge in [-0.1, -0.05) is 0 Å². The molecule has 0 aromatic carbocycles. The van der Waals surface area contributed by atoms with E-state index in [1.165, 1.54) is 0 Å². The molecule has 0 amide bonds. The van der Waals surface area contributed by atoms with Crippen molar-refractivity contribution in [2.45, 2.75) is 26.1 Å². The van der Waals surface area contributed by atoms with Gasteiger partial charge in [0.05, 0.1) is 19.8 Å². The summed E-state index contributed by atoms with van der Waals surface area (Å²) in [6.45, 7) is 5.34. The van der Waals surface area contributed by atoms with E-state index in [9.17, 15) is 0 Å². The molecule has 2 atom stereocenters. The number of hydrogen-bond donors (Lipinski definition) is 2. The second kappa shape index (κ2) is 6.54. The fraction of sp³-hybridized carbons (Fsp3) is 1.00. The first-order valence-corrected chi connectivity index (χ1v) is 3.83. The van der Waals surface area contributed by atoms with E-state index in [2.05, 4.69) is 0 Å². The minimum absolute atomic E-state index is 0.0882. The Labute approximate surface area is 67.8 Å². The van der Waals surface area contributed by atoms with E-state index in [-0.39, 0.29) is 12.3 Å². The Morgan fingerprint density at radius 3 is 2.27 bits per heavy atom. The van der Waals surface area contributed by atoms with Crippen LogP contribution in [0.3, 0.4) is 0 Å². The summed E-state index contributed by atoms with van der Waals surface area (Å²) in [5.41, 5.74) is 10.8. The molecule has 0 fully saturated rings. The molecular weight excluding hydrogens is 144 g/mol. The molecule has 2 unspecified atom stereocenters. The maximum atomic E-state index is 5.44. The van der Waals surface area contributed by atoms with Crippen molar-refractivity contribution in [3.63, 3.8) is 0 Å². The molecular formula is C7H18N2O2. The largest absolute Gasteiger partial charge is 0.377 e. The van der Waals surface area contributed by atoms with Crippen molar-refractivity contribution in [1.82, 2.24) is 0 Å². The molecule has 4 N–H and O–H groups in total. The lowest BCUT2D eigenvalue weighted by Crippen LogP contribution is -2.25. The summed E-state index contributed by atoms with van der Waals surface area (Å²) >= 11 is 0. The first-order chi connectivity index (χ1) is 5.13. The Morgan fingerprint density at radius 2 is 1.82 bits per heavy atom. The van der Waals surface area contributed by atoms with Crippen molar-refractivity contribution in [2.24, 2.45) is 11.5 Å². The average Bonchev–Trinajstić information content (AvgIpc) is 1.85. The zero-order valence-corrected chi connectivity index (χ0v) is 7.25. The Balaban J connectivity index is 2.91. The van der Waals surface area contributed by atoms with Crippen molar-refractivity contribution in [1.29, 1.82) is 0 Å². The van der Waals surface area contributed by atoms with Crippen molar-refractivity contribution in [2.75, 3.05) is 19.8 Å². The predicted molar refractivity (Wildman–Crippen MR) is 44.1 cm³/mol. The van der Waals surface area contributed by atoms with Crippen LogP contribution in [0.5, 0.6) is 0 Å². The van der Waals surface area contributed by atoms with Crippen LogP contribution >= 0.6 is 0 Å². The summed E-state index contributed by atoms with van der Waals surface area (Å²) < 4.78 is 10.2. The SMILES string of the molecule is CC(N)COCCOC(C)N. The number of nitrogens with two attached hydrogens (primary N) is 2. The molecule has 0 aromatic rings. The molecule has 0 aliphatic carbocycles. The standard InChI is InChI=1S/C7H18N2O2/c1-6(8)5-10-3-4-11-7(2)9/h6-7H,3-5,8-9H2,1-2H3. The molecule has 4 nitrogen and oxygen atoms in total. The first-order valence-electron chi connectivity index (χ1n) is 3.83. The van der Waals surface area contributed by atoms with E-state index in [1.54, 1.807) is 6.92 Å². The summed E-state index contributed by atoms with van der Waals surface area (Å²) in [4.78, 5) is 0. The number of rotatable bonds is 6. The summed E-state index contributed by atoms with van der Waals surface area (Å²) in [5, 5.41) is 0. The smallest absolute Gasteiger partial charge is 0.102 e. The Hall–Kier alpha value is -0.160.